The van der Waals surface area contributed by atoms with Gasteiger partial charge in [-0.05, 0) is 36.6 Å². The molecule has 1 atom stereocenters. The highest BCUT2D eigenvalue weighted by molar-refractivity contribution is 5.98. The molecule has 0 aliphatic carbocycles. The van der Waals surface area contributed by atoms with Gasteiger partial charge in [-0.25, -0.2) is 8.78 Å². The summed E-state index contributed by atoms with van der Waals surface area (Å²) >= 11 is 0. The highest BCUT2D eigenvalue weighted by Gasteiger charge is 2.22. The van der Waals surface area contributed by atoms with Crippen LogP contribution in [0, 0.1) is 11.6 Å². The fourth-order valence-electron chi connectivity index (χ4n) is 3.50. The van der Waals surface area contributed by atoms with Crippen LogP contribution in [0.25, 0.3) is 0 Å². The Kier molecular flexibility index (Phi) is 8.66. The van der Waals surface area contributed by atoms with Crippen molar-refractivity contribution in [3.05, 3.63) is 83.1 Å². The van der Waals surface area contributed by atoms with E-state index in [1.165, 1.54) is 6.07 Å². The van der Waals surface area contributed by atoms with E-state index in [-0.39, 0.29) is 35.8 Å². The number of anilines is 1. The molecule has 35 heavy (non-hydrogen) atoms. The lowest BCUT2D eigenvalue weighted by Gasteiger charge is -2.19. The molecular formula is C25H27F2N5O3. The van der Waals surface area contributed by atoms with Gasteiger partial charge in [0, 0.05) is 25.2 Å². The highest BCUT2D eigenvalue weighted by atomic mass is 19.1. The molecule has 3 amide bonds. The minimum Gasteiger partial charge on any atom is -0.344 e. The van der Waals surface area contributed by atoms with Crippen molar-refractivity contribution in [3.63, 3.8) is 0 Å². The van der Waals surface area contributed by atoms with Crippen molar-refractivity contribution < 1.29 is 23.2 Å². The Morgan fingerprint density at radius 3 is 2.31 bits per heavy atom. The summed E-state index contributed by atoms with van der Waals surface area (Å²) in [6.07, 6.45) is -0.00880. The Morgan fingerprint density at radius 2 is 1.69 bits per heavy atom. The topological polar surface area (TPSA) is 107 Å². The molecule has 10 heteroatoms. The van der Waals surface area contributed by atoms with Crippen molar-refractivity contribution in [3.8, 4) is 0 Å². The summed E-state index contributed by atoms with van der Waals surface area (Å²) < 4.78 is 26.7. The van der Waals surface area contributed by atoms with Crippen LogP contribution in [0.1, 0.15) is 41.9 Å². The van der Waals surface area contributed by atoms with Gasteiger partial charge < -0.3 is 15.5 Å². The molecule has 2 aromatic carbocycles. The number of aromatic nitrogens is 2. The van der Waals surface area contributed by atoms with Crippen LogP contribution in [-0.4, -0.2) is 45.4 Å². The van der Waals surface area contributed by atoms with Gasteiger partial charge in [-0.15, -0.1) is 0 Å². The maximum Gasteiger partial charge on any atom is 0.274 e. The van der Waals surface area contributed by atoms with Gasteiger partial charge in [-0.3, -0.25) is 19.5 Å². The third kappa shape index (κ3) is 7.20. The monoisotopic (exact) mass is 483 g/mol. The number of H-pyrrole nitrogens is 1. The van der Waals surface area contributed by atoms with Crippen molar-refractivity contribution in [2.24, 2.45) is 0 Å². The van der Waals surface area contributed by atoms with E-state index >= 15 is 0 Å². The molecule has 0 fully saturated rings. The average Bonchev–Trinajstić information content (AvgIpc) is 3.28. The number of nitrogens with one attached hydrogen (secondary N) is 3. The molecule has 0 bridgehead atoms. The lowest BCUT2D eigenvalue weighted by atomic mass is 10.1. The zero-order valence-corrected chi connectivity index (χ0v) is 19.5. The van der Waals surface area contributed by atoms with Crippen LogP contribution in [0.4, 0.5) is 14.6 Å². The first-order valence-electron chi connectivity index (χ1n) is 11.2. The van der Waals surface area contributed by atoms with Crippen molar-refractivity contribution in [1.82, 2.24) is 20.4 Å². The van der Waals surface area contributed by atoms with Crippen LogP contribution in [0.3, 0.4) is 0 Å². The Morgan fingerprint density at radius 1 is 1.00 bits per heavy atom. The Bertz CT molecular complexity index is 1160. The van der Waals surface area contributed by atoms with E-state index in [0.29, 0.717) is 19.2 Å². The SMILES string of the molecule is CCC(NC(=O)Cc1cc(F)cc(F)c1)C(=O)Nc1cc(C(=O)N(CC)Cc2ccccc2)n[nH]1. The van der Waals surface area contributed by atoms with E-state index in [1.807, 2.05) is 37.3 Å². The summed E-state index contributed by atoms with van der Waals surface area (Å²) in [4.78, 5) is 39.5. The molecule has 1 aromatic heterocycles. The number of hydrogen-bond acceptors (Lipinski definition) is 4. The van der Waals surface area contributed by atoms with Gasteiger partial charge in [0.25, 0.3) is 5.91 Å². The molecule has 3 rings (SSSR count). The van der Waals surface area contributed by atoms with Gasteiger partial charge >= 0.3 is 0 Å². The molecule has 0 radical (unpaired) electrons. The third-order valence-corrected chi connectivity index (χ3v) is 5.29. The largest absolute Gasteiger partial charge is 0.344 e. The zero-order chi connectivity index (χ0) is 25.4. The molecule has 184 valence electrons. The van der Waals surface area contributed by atoms with E-state index in [9.17, 15) is 23.2 Å². The molecule has 0 saturated heterocycles. The van der Waals surface area contributed by atoms with Crippen molar-refractivity contribution >= 4 is 23.5 Å². The molecule has 1 heterocycles. The molecule has 0 spiro atoms. The Hall–Kier alpha value is -4.08. The number of halogens is 2. The molecule has 0 saturated carbocycles. The van der Waals surface area contributed by atoms with Crippen LogP contribution in [0.2, 0.25) is 0 Å². The molecule has 0 aliphatic heterocycles. The number of rotatable bonds is 10. The first-order valence-corrected chi connectivity index (χ1v) is 11.2. The second-order valence-electron chi connectivity index (χ2n) is 7.94. The van der Waals surface area contributed by atoms with Gasteiger partial charge in [-0.2, -0.15) is 5.10 Å². The highest BCUT2D eigenvalue weighted by Crippen LogP contribution is 2.13. The van der Waals surface area contributed by atoms with E-state index in [0.717, 1.165) is 17.7 Å². The molecule has 0 aliphatic rings. The average molecular weight is 484 g/mol. The van der Waals surface area contributed by atoms with Gasteiger partial charge in [0.1, 0.15) is 23.5 Å². The quantitative estimate of drug-likeness (QED) is 0.411. The standard InChI is InChI=1S/C25H27F2N5O3/c1-3-20(28-23(33)12-17-10-18(26)13-19(27)11-17)24(34)29-22-14-21(30-31-22)25(35)32(4-2)15-16-8-6-5-7-9-16/h5-11,13-14,20H,3-4,12,15H2,1-2H3,(H,28,33)(H2,29,30,31,34). The molecule has 8 nitrogen and oxygen atoms in total. The number of hydrogen-bond donors (Lipinski definition) is 3. The minimum atomic E-state index is -0.895. The molecule has 3 N–H and O–H groups in total. The number of carbonyl (C=O) groups is 3. The smallest absolute Gasteiger partial charge is 0.274 e. The minimum absolute atomic E-state index is 0.142. The van der Waals surface area contributed by atoms with Crippen LogP contribution in [0.5, 0.6) is 0 Å². The van der Waals surface area contributed by atoms with E-state index in [2.05, 4.69) is 20.8 Å². The number of amides is 3. The van der Waals surface area contributed by atoms with E-state index in [1.54, 1.807) is 11.8 Å². The van der Waals surface area contributed by atoms with Crippen molar-refractivity contribution in [2.45, 2.75) is 39.3 Å². The second-order valence-corrected chi connectivity index (χ2v) is 7.94. The molecular weight excluding hydrogens is 456 g/mol. The maximum absolute atomic E-state index is 13.3. The predicted molar refractivity (Wildman–Crippen MR) is 126 cm³/mol. The van der Waals surface area contributed by atoms with Crippen molar-refractivity contribution in [2.75, 3.05) is 11.9 Å². The summed E-state index contributed by atoms with van der Waals surface area (Å²) in [5, 5.41) is 11.8. The number of aromatic amines is 1. The fraction of sp³-hybridized carbons (Fsp3) is 0.280. The van der Waals surface area contributed by atoms with E-state index < -0.39 is 29.5 Å². The summed E-state index contributed by atoms with van der Waals surface area (Å²) in [5.41, 5.74) is 1.28. The first kappa shape index (κ1) is 25.5. The predicted octanol–water partition coefficient (Wildman–Crippen LogP) is 3.43. The van der Waals surface area contributed by atoms with Gasteiger partial charge in [0.05, 0.1) is 6.42 Å². The van der Waals surface area contributed by atoms with Crippen LogP contribution >= 0.6 is 0 Å². The van der Waals surface area contributed by atoms with Crippen molar-refractivity contribution in [1.29, 1.82) is 0 Å². The molecule has 3 aromatic rings. The van der Waals surface area contributed by atoms with Gasteiger partial charge in [0.15, 0.2) is 5.69 Å². The summed E-state index contributed by atoms with van der Waals surface area (Å²) in [5.74, 6) is -2.74. The fourth-order valence-corrected chi connectivity index (χ4v) is 3.50. The molecule has 1 unspecified atom stereocenters. The number of carbonyl (C=O) groups excluding carboxylic acids is 3. The number of benzene rings is 2. The third-order valence-electron chi connectivity index (χ3n) is 5.29. The first-order chi connectivity index (χ1) is 16.8. The lowest BCUT2D eigenvalue weighted by Crippen LogP contribution is -2.44. The Labute approximate surface area is 201 Å². The maximum atomic E-state index is 13.3. The lowest BCUT2D eigenvalue weighted by molar-refractivity contribution is -0.126. The number of nitrogens with zero attached hydrogens (tertiary/aromatic N) is 2. The van der Waals surface area contributed by atoms with Crippen LogP contribution in [0.15, 0.2) is 54.6 Å². The summed E-state index contributed by atoms with van der Waals surface area (Å²) in [6.45, 7) is 4.46. The van der Waals surface area contributed by atoms with Gasteiger partial charge in [-0.1, -0.05) is 37.3 Å². The van der Waals surface area contributed by atoms with Gasteiger partial charge in [0.2, 0.25) is 11.8 Å². The normalized spacial score (nSPS) is 11.5. The second kappa shape index (κ2) is 11.9. The summed E-state index contributed by atoms with van der Waals surface area (Å²) in [7, 11) is 0. The summed E-state index contributed by atoms with van der Waals surface area (Å²) in [6, 6.07) is 12.9. The van der Waals surface area contributed by atoms with Crippen LogP contribution in [-0.2, 0) is 22.6 Å². The Balaban J connectivity index is 1.59. The van der Waals surface area contributed by atoms with E-state index in [4.69, 9.17) is 0 Å². The van der Waals surface area contributed by atoms with Crippen LogP contribution < -0.4 is 10.6 Å². The zero-order valence-electron chi connectivity index (χ0n) is 19.5.